The van der Waals surface area contributed by atoms with Crippen molar-refractivity contribution in [1.82, 2.24) is 19.9 Å². The van der Waals surface area contributed by atoms with Crippen LogP contribution >= 0.6 is 0 Å². The molecule has 0 saturated carbocycles. The second-order valence-electron chi connectivity index (χ2n) is 23.1. The van der Waals surface area contributed by atoms with Gasteiger partial charge in [0.25, 0.3) is 0 Å². The van der Waals surface area contributed by atoms with Crippen molar-refractivity contribution in [2.75, 3.05) is 78.9 Å². The fourth-order valence-corrected chi connectivity index (χ4v) is 11.0. The summed E-state index contributed by atoms with van der Waals surface area (Å²) in [4.78, 5) is 17.8. The average Bonchev–Trinajstić information content (AvgIpc) is 3.25. The summed E-state index contributed by atoms with van der Waals surface area (Å²) in [6.07, 6.45) is 1.35. The Morgan fingerprint density at radius 1 is 0.591 bits per heavy atom. The number of aliphatic hydroxyl groups excluding tert-OH is 2. The lowest BCUT2D eigenvalue weighted by Crippen LogP contribution is -2.68. The number of ether oxygens (including phenoxy) is 6. The molecule has 2 spiro atoms. The third kappa shape index (κ3) is 12.8. The van der Waals surface area contributed by atoms with Crippen molar-refractivity contribution in [3.63, 3.8) is 0 Å². The van der Waals surface area contributed by atoms with Gasteiger partial charge in [-0.05, 0) is 97.7 Å². The second kappa shape index (κ2) is 20.5. The lowest BCUT2D eigenvalue weighted by molar-refractivity contribution is -0.387. The Labute approximate surface area is 396 Å². The number of benzene rings is 2. The third-order valence-electron chi connectivity index (χ3n) is 14.0. The zero-order chi connectivity index (χ0) is 47.7. The molecule has 5 saturated heterocycles. The van der Waals surface area contributed by atoms with Crippen LogP contribution in [-0.4, -0.2) is 155 Å². The standard InChI is InChI=1S/C52H84N4O10/c1-37-28-61-51(62-29-37)25-38(2)55(48(7,8)32-51)65-39(3)41-13-17-45(18-14-41)59-30-43(57)26-53-21-23-54(24-22-53)27-44(58)31-60-46-19-15-42(16-20-46)40(4)66-56-49(9,10)33-52(34-50(56,11)12)63-35-47(5,6)36-64-52/h13-20,37-40,43-44,57-58H,21-36H2,1-12H3. The van der Waals surface area contributed by atoms with E-state index in [-0.39, 0.29) is 53.5 Å². The monoisotopic (exact) mass is 925 g/mol. The third-order valence-corrected chi connectivity index (χ3v) is 14.0. The van der Waals surface area contributed by atoms with E-state index in [4.69, 9.17) is 38.1 Å². The molecular weight excluding hydrogens is 841 g/mol. The van der Waals surface area contributed by atoms with Crippen LogP contribution in [0.15, 0.2) is 48.5 Å². The van der Waals surface area contributed by atoms with Gasteiger partial charge in [-0.15, -0.1) is 0 Å². The molecule has 66 heavy (non-hydrogen) atoms. The number of hydrogen-bond donors (Lipinski definition) is 2. The highest BCUT2D eigenvalue weighted by Crippen LogP contribution is 2.50. The summed E-state index contributed by atoms with van der Waals surface area (Å²) in [5.41, 5.74) is 1.21. The molecule has 2 N–H and O–H groups in total. The molecule has 5 unspecified atom stereocenters. The van der Waals surface area contributed by atoms with Crippen LogP contribution in [0.25, 0.3) is 0 Å². The molecule has 0 aliphatic carbocycles. The predicted molar refractivity (Wildman–Crippen MR) is 254 cm³/mol. The maximum Gasteiger partial charge on any atom is 0.171 e. The van der Waals surface area contributed by atoms with Crippen molar-refractivity contribution < 1.29 is 48.3 Å². The SMILES string of the molecule is CC1COC2(CC(C)N(OC(C)c3ccc(OCC(O)CN4CCN(CC(O)COc5ccc(C(C)ON6C(C)(C)CC7(CC6(C)C)OCC(C)(C)CO7)cc5)CC4)cc3)C(C)(C)C2)OC1. The normalized spacial score (nSPS) is 29.8. The summed E-state index contributed by atoms with van der Waals surface area (Å²) in [5.74, 6) is 0.690. The van der Waals surface area contributed by atoms with Gasteiger partial charge in [0.05, 0.1) is 26.4 Å². The van der Waals surface area contributed by atoms with Gasteiger partial charge in [0.1, 0.15) is 49.1 Å². The van der Waals surface area contributed by atoms with Crippen molar-refractivity contribution >= 4 is 0 Å². The highest BCUT2D eigenvalue weighted by atomic mass is 16.7. The lowest BCUT2D eigenvalue weighted by atomic mass is 9.77. The molecule has 0 amide bonds. The van der Waals surface area contributed by atoms with E-state index in [0.717, 1.165) is 76.2 Å². The minimum absolute atomic E-state index is 0.0146. The fraction of sp³-hybridized carbons (Fsp3) is 0.769. The molecule has 2 aromatic carbocycles. The number of aliphatic hydroxyl groups is 2. The summed E-state index contributed by atoms with van der Waals surface area (Å²) < 4.78 is 37.5. The van der Waals surface area contributed by atoms with E-state index in [1.807, 2.05) is 48.5 Å². The van der Waals surface area contributed by atoms with Gasteiger partial charge in [-0.25, -0.2) is 0 Å². The summed E-state index contributed by atoms with van der Waals surface area (Å²) >= 11 is 0. The maximum absolute atomic E-state index is 10.9. The van der Waals surface area contributed by atoms with E-state index in [2.05, 4.69) is 103 Å². The maximum atomic E-state index is 10.9. The molecule has 5 atom stereocenters. The van der Waals surface area contributed by atoms with Gasteiger partial charge in [-0.2, -0.15) is 10.1 Å². The summed E-state index contributed by atoms with van der Waals surface area (Å²) in [6.45, 7) is 33.5. The van der Waals surface area contributed by atoms with Gasteiger partial charge in [0.15, 0.2) is 11.6 Å². The average molecular weight is 925 g/mol. The summed E-state index contributed by atoms with van der Waals surface area (Å²) in [7, 11) is 0. The second-order valence-corrected chi connectivity index (χ2v) is 23.1. The van der Waals surface area contributed by atoms with Crippen molar-refractivity contribution in [3.05, 3.63) is 59.7 Å². The Morgan fingerprint density at radius 2 is 1.02 bits per heavy atom. The van der Waals surface area contributed by atoms with Gasteiger partial charge in [0, 0.05) is 98.9 Å². The van der Waals surface area contributed by atoms with Crippen LogP contribution in [0.3, 0.4) is 0 Å². The topological polar surface area (TPSA) is 127 Å². The first kappa shape index (κ1) is 51.4. The van der Waals surface area contributed by atoms with E-state index in [1.54, 1.807) is 0 Å². The number of piperidine rings is 2. The van der Waals surface area contributed by atoms with Crippen molar-refractivity contribution in [2.45, 2.75) is 167 Å². The van der Waals surface area contributed by atoms with Crippen LogP contribution < -0.4 is 9.47 Å². The van der Waals surface area contributed by atoms with Gasteiger partial charge < -0.3 is 38.6 Å². The first-order valence-electron chi connectivity index (χ1n) is 24.7. The molecule has 5 aliphatic rings. The highest BCUT2D eigenvalue weighted by molar-refractivity contribution is 5.29. The Bertz CT molecular complexity index is 1810. The first-order chi connectivity index (χ1) is 30.9. The minimum atomic E-state index is -0.628. The van der Waals surface area contributed by atoms with Crippen molar-refractivity contribution in [3.8, 4) is 11.5 Å². The minimum Gasteiger partial charge on any atom is -0.491 e. The molecule has 7 rings (SSSR count). The zero-order valence-electron chi connectivity index (χ0n) is 42.3. The Morgan fingerprint density at radius 3 is 1.45 bits per heavy atom. The van der Waals surface area contributed by atoms with Crippen LogP contribution in [0.5, 0.6) is 11.5 Å². The van der Waals surface area contributed by atoms with Crippen LogP contribution in [0.4, 0.5) is 0 Å². The molecule has 0 aromatic heterocycles. The first-order valence-corrected chi connectivity index (χ1v) is 24.7. The molecule has 0 bridgehead atoms. The van der Waals surface area contributed by atoms with Crippen LogP contribution in [0.2, 0.25) is 0 Å². The molecule has 5 fully saturated rings. The number of rotatable bonds is 16. The van der Waals surface area contributed by atoms with Gasteiger partial charge in [-0.1, -0.05) is 45.0 Å². The Hall–Kier alpha value is -2.44. The van der Waals surface area contributed by atoms with E-state index < -0.39 is 23.8 Å². The van der Waals surface area contributed by atoms with Crippen LogP contribution in [0.1, 0.15) is 132 Å². The predicted octanol–water partition coefficient (Wildman–Crippen LogP) is 7.53. The van der Waals surface area contributed by atoms with E-state index in [0.29, 0.717) is 43.7 Å². The Kier molecular flexibility index (Phi) is 16.0. The summed E-state index contributed by atoms with van der Waals surface area (Å²) in [6, 6.07) is 16.0. The van der Waals surface area contributed by atoms with Gasteiger partial charge in [0.2, 0.25) is 0 Å². The van der Waals surface area contributed by atoms with E-state index >= 15 is 0 Å². The highest BCUT2D eigenvalue weighted by Gasteiger charge is 2.57. The molecule has 5 aliphatic heterocycles. The van der Waals surface area contributed by atoms with E-state index in [1.165, 1.54) is 0 Å². The largest absolute Gasteiger partial charge is 0.491 e. The molecule has 372 valence electrons. The molecule has 14 nitrogen and oxygen atoms in total. The number of hydroxylamine groups is 4. The molecule has 2 aromatic rings. The van der Waals surface area contributed by atoms with Crippen LogP contribution in [-0.2, 0) is 28.6 Å². The molecule has 14 heteroatoms. The molecule has 5 heterocycles. The fourth-order valence-electron chi connectivity index (χ4n) is 11.0. The van der Waals surface area contributed by atoms with Crippen molar-refractivity contribution in [1.29, 1.82) is 0 Å². The van der Waals surface area contributed by atoms with Crippen LogP contribution in [0, 0.1) is 11.3 Å². The quantitative estimate of drug-likeness (QED) is 0.172. The number of nitrogens with zero attached hydrogens (tertiary/aromatic N) is 4. The van der Waals surface area contributed by atoms with Gasteiger partial charge in [-0.3, -0.25) is 19.5 Å². The van der Waals surface area contributed by atoms with E-state index in [9.17, 15) is 10.2 Å². The smallest absolute Gasteiger partial charge is 0.171 e. The molecule has 0 radical (unpaired) electrons. The number of hydrogen-bond acceptors (Lipinski definition) is 14. The van der Waals surface area contributed by atoms with Crippen molar-refractivity contribution in [2.24, 2.45) is 11.3 Å². The van der Waals surface area contributed by atoms with Gasteiger partial charge >= 0.3 is 0 Å². The summed E-state index contributed by atoms with van der Waals surface area (Å²) in [5, 5.41) is 26.0. The Balaban J connectivity index is 0.775. The number of piperazine rings is 1. The number of β-amino-alcohol motifs (C(OH)–C–C–N with tert-alkyl or cyclic N) is 2. The zero-order valence-corrected chi connectivity index (χ0v) is 42.3. The lowest BCUT2D eigenvalue weighted by Gasteiger charge is -2.59. The molecular formula is C52H84N4O10.